The third-order valence-corrected chi connectivity index (χ3v) is 5.97. The Bertz CT molecular complexity index is 630. The molecule has 0 bridgehead atoms. The number of rotatable bonds is 8. The molecule has 3 N–H and O–H groups in total. The van der Waals surface area contributed by atoms with Crippen LogP contribution in [0.1, 0.15) is 62.0 Å². The van der Waals surface area contributed by atoms with E-state index in [9.17, 15) is 10.2 Å². The molecule has 0 unspecified atom stereocenters. The van der Waals surface area contributed by atoms with Gasteiger partial charge in [0.1, 0.15) is 5.60 Å². The second-order valence-corrected chi connectivity index (χ2v) is 7.88. The average Bonchev–Trinajstić information content (AvgIpc) is 3.25. The number of aryl methyl sites for hydroxylation is 1. The van der Waals surface area contributed by atoms with Crippen molar-refractivity contribution in [3.8, 4) is 0 Å². The van der Waals surface area contributed by atoms with Gasteiger partial charge in [0.25, 0.3) is 0 Å². The van der Waals surface area contributed by atoms with Gasteiger partial charge in [0.15, 0.2) is 0 Å². The lowest BCUT2D eigenvalue weighted by Gasteiger charge is -2.30. The van der Waals surface area contributed by atoms with E-state index in [1.165, 1.54) is 25.7 Å². The summed E-state index contributed by atoms with van der Waals surface area (Å²) in [5.41, 5.74) is 1.03. The van der Waals surface area contributed by atoms with E-state index in [-0.39, 0.29) is 12.5 Å². The minimum Gasteiger partial charge on any atom is -0.396 e. The van der Waals surface area contributed by atoms with Crippen molar-refractivity contribution in [1.29, 1.82) is 0 Å². The Morgan fingerprint density at radius 1 is 1.12 bits per heavy atom. The predicted octanol–water partition coefficient (Wildman–Crippen LogP) is 3.88. The summed E-state index contributed by atoms with van der Waals surface area (Å²) < 4.78 is 0. The lowest BCUT2D eigenvalue weighted by molar-refractivity contribution is 0.0692. The van der Waals surface area contributed by atoms with Crippen LogP contribution in [0.2, 0.25) is 0 Å². The molecule has 1 aromatic rings. The van der Waals surface area contributed by atoms with Crippen molar-refractivity contribution in [3.63, 3.8) is 0 Å². The number of aliphatic hydroxyl groups excluding tert-OH is 2. The topological polar surface area (TPSA) is 60.7 Å². The Hall–Kier alpha value is -1.42. The summed E-state index contributed by atoms with van der Waals surface area (Å²) in [5.74, 6) is 0.377. The van der Waals surface area contributed by atoms with Crippen LogP contribution in [-0.4, -0.2) is 33.6 Å². The number of hydrogen-bond donors (Lipinski definition) is 3. The molecule has 3 heteroatoms. The number of allylic oxidation sites excluding steroid dienone is 1. The van der Waals surface area contributed by atoms with Crippen LogP contribution >= 0.6 is 0 Å². The highest BCUT2D eigenvalue weighted by Crippen LogP contribution is 2.41. The minimum atomic E-state index is -1.13. The summed E-state index contributed by atoms with van der Waals surface area (Å²) in [6, 6.07) is 8.06. The van der Waals surface area contributed by atoms with E-state index in [1.54, 1.807) is 12.2 Å². The van der Waals surface area contributed by atoms with Gasteiger partial charge in [-0.05, 0) is 48.8 Å². The second-order valence-electron chi connectivity index (χ2n) is 7.88. The standard InChI is InChI=1S/C23H32O3/c24-17-6-5-12-19-11-3-4-13-20(19)22-21(25)14-16-23(22,26)15-7-10-18-8-1-2-9-18/h3-4,7,11,13-16,18,21-22,24-26H,1-2,5-6,8-10,12,17H2/b15-7+/t21-,22+,23+/m1/s1. The van der Waals surface area contributed by atoms with Crippen molar-refractivity contribution >= 4 is 0 Å². The molecule has 2 aliphatic rings. The molecule has 3 nitrogen and oxygen atoms in total. The van der Waals surface area contributed by atoms with Gasteiger partial charge in [0.05, 0.1) is 6.10 Å². The largest absolute Gasteiger partial charge is 0.396 e. The minimum absolute atomic E-state index is 0.198. The zero-order valence-corrected chi connectivity index (χ0v) is 15.6. The van der Waals surface area contributed by atoms with Crippen LogP contribution < -0.4 is 0 Å². The zero-order chi connectivity index (χ0) is 18.4. The molecule has 0 saturated heterocycles. The Kier molecular flexibility index (Phi) is 6.68. The van der Waals surface area contributed by atoms with Gasteiger partial charge in [-0.25, -0.2) is 0 Å². The van der Waals surface area contributed by atoms with E-state index in [4.69, 9.17) is 5.11 Å². The summed E-state index contributed by atoms with van der Waals surface area (Å²) in [6.07, 6.45) is 15.5. The summed E-state index contributed by atoms with van der Waals surface area (Å²) >= 11 is 0. The molecule has 2 aliphatic carbocycles. The molecule has 142 valence electrons. The Morgan fingerprint density at radius 2 is 1.88 bits per heavy atom. The van der Waals surface area contributed by atoms with Gasteiger partial charge in [0.2, 0.25) is 0 Å². The molecule has 1 aromatic carbocycles. The van der Waals surface area contributed by atoms with Crippen LogP contribution in [0, 0.1) is 5.92 Å². The van der Waals surface area contributed by atoms with Crippen LogP contribution in [0.4, 0.5) is 0 Å². The van der Waals surface area contributed by atoms with Crippen LogP contribution in [0.3, 0.4) is 0 Å². The molecule has 1 fully saturated rings. The van der Waals surface area contributed by atoms with Crippen LogP contribution in [0.5, 0.6) is 0 Å². The first-order valence-corrected chi connectivity index (χ1v) is 10.1. The molecule has 3 atom stereocenters. The van der Waals surface area contributed by atoms with Crippen molar-refractivity contribution in [1.82, 2.24) is 0 Å². The molecule has 1 saturated carbocycles. The van der Waals surface area contributed by atoms with Gasteiger partial charge in [-0.3, -0.25) is 0 Å². The fraction of sp³-hybridized carbons (Fsp3) is 0.565. The Labute approximate surface area is 157 Å². The molecular formula is C23H32O3. The first-order valence-electron chi connectivity index (χ1n) is 10.1. The van der Waals surface area contributed by atoms with Crippen molar-refractivity contribution in [2.75, 3.05) is 6.61 Å². The van der Waals surface area contributed by atoms with Crippen LogP contribution in [0.25, 0.3) is 0 Å². The van der Waals surface area contributed by atoms with Crippen LogP contribution in [-0.2, 0) is 6.42 Å². The normalized spacial score (nSPS) is 29.2. The molecule has 0 aliphatic heterocycles. The highest BCUT2D eigenvalue weighted by molar-refractivity contribution is 5.42. The predicted molar refractivity (Wildman–Crippen MR) is 105 cm³/mol. The van der Waals surface area contributed by atoms with Crippen molar-refractivity contribution < 1.29 is 15.3 Å². The highest BCUT2D eigenvalue weighted by atomic mass is 16.3. The molecule has 3 rings (SSSR count). The molecular weight excluding hydrogens is 324 g/mol. The van der Waals surface area contributed by atoms with Crippen molar-refractivity contribution in [2.45, 2.75) is 69.0 Å². The number of aliphatic hydroxyl groups is 3. The Balaban J connectivity index is 1.77. The zero-order valence-electron chi connectivity index (χ0n) is 15.6. The quantitative estimate of drug-likeness (QED) is 0.489. The number of hydrogen-bond acceptors (Lipinski definition) is 3. The number of unbranched alkanes of at least 4 members (excludes halogenated alkanes) is 1. The first-order chi connectivity index (χ1) is 12.6. The Morgan fingerprint density at radius 3 is 2.65 bits per heavy atom. The van der Waals surface area contributed by atoms with Crippen molar-refractivity contribution in [2.24, 2.45) is 5.92 Å². The molecule has 26 heavy (non-hydrogen) atoms. The van der Waals surface area contributed by atoms with Crippen molar-refractivity contribution in [3.05, 3.63) is 59.7 Å². The van der Waals surface area contributed by atoms with Gasteiger partial charge < -0.3 is 15.3 Å². The van der Waals surface area contributed by atoms with E-state index in [2.05, 4.69) is 12.1 Å². The highest BCUT2D eigenvalue weighted by Gasteiger charge is 2.42. The lowest BCUT2D eigenvalue weighted by atomic mass is 9.79. The SMILES string of the molecule is OCCCCc1ccccc1[C@H]1[C@H](O)C=C[C@@]1(O)/C=C/CC1CCCC1. The van der Waals surface area contributed by atoms with E-state index in [0.717, 1.165) is 42.7 Å². The van der Waals surface area contributed by atoms with Gasteiger partial charge in [0, 0.05) is 12.5 Å². The van der Waals surface area contributed by atoms with Gasteiger partial charge >= 0.3 is 0 Å². The van der Waals surface area contributed by atoms with E-state index < -0.39 is 11.7 Å². The smallest absolute Gasteiger partial charge is 0.111 e. The fourth-order valence-corrected chi connectivity index (χ4v) is 4.52. The molecule has 0 aromatic heterocycles. The van der Waals surface area contributed by atoms with Gasteiger partial charge in [-0.2, -0.15) is 0 Å². The summed E-state index contributed by atoms with van der Waals surface area (Å²) in [5, 5.41) is 30.9. The third-order valence-electron chi connectivity index (χ3n) is 5.97. The average molecular weight is 357 g/mol. The van der Waals surface area contributed by atoms with Crippen LogP contribution in [0.15, 0.2) is 48.6 Å². The lowest BCUT2D eigenvalue weighted by Crippen LogP contribution is -2.34. The monoisotopic (exact) mass is 356 g/mol. The van der Waals surface area contributed by atoms with E-state index in [1.807, 2.05) is 24.3 Å². The molecule has 0 heterocycles. The summed E-state index contributed by atoms with van der Waals surface area (Å²) in [4.78, 5) is 0. The third kappa shape index (κ3) is 4.46. The first kappa shape index (κ1) is 19.3. The summed E-state index contributed by atoms with van der Waals surface area (Å²) in [6.45, 7) is 0.198. The maximum Gasteiger partial charge on any atom is 0.111 e. The van der Waals surface area contributed by atoms with Gasteiger partial charge in [-0.1, -0.05) is 68.2 Å². The van der Waals surface area contributed by atoms with E-state index in [0.29, 0.717) is 0 Å². The molecule has 0 spiro atoms. The maximum absolute atomic E-state index is 11.3. The van der Waals surface area contributed by atoms with E-state index >= 15 is 0 Å². The second kappa shape index (κ2) is 8.98. The molecule has 0 amide bonds. The summed E-state index contributed by atoms with van der Waals surface area (Å²) in [7, 11) is 0. The maximum atomic E-state index is 11.3. The molecule has 0 radical (unpaired) electrons. The fourth-order valence-electron chi connectivity index (χ4n) is 4.52. The van der Waals surface area contributed by atoms with Gasteiger partial charge in [-0.15, -0.1) is 0 Å². The number of benzene rings is 1.